The van der Waals surface area contributed by atoms with E-state index in [4.69, 9.17) is 14.2 Å². The number of carbonyl (C=O) groups is 1. The molecule has 110 valence electrons. The monoisotopic (exact) mass is 270 g/mol. The molecule has 0 amide bonds. The molecule has 0 bridgehead atoms. The fourth-order valence-electron chi connectivity index (χ4n) is 2.90. The van der Waals surface area contributed by atoms with Crippen LogP contribution in [-0.4, -0.2) is 30.1 Å². The van der Waals surface area contributed by atoms with E-state index in [1.165, 1.54) is 25.7 Å². The summed E-state index contributed by atoms with van der Waals surface area (Å²) in [6.07, 6.45) is 7.24. The Morgan fingerprint density at radius 3 is 2.63 bits per heavy atom. The van der Waals surface area contributed by atoms with Gasteiger partial charge in [0.2, 0.25) is 0 Å². The molecule has 2 aliphatic rings. The van der Waals surface area contributed by atoms with Gasteiger partial charge in [0.1, 0.15) is 12.2 Å². The fourth-order valence-corrected chi connectivity index (χ4v) is 2.90. The maximum atomic E-state index is 11.9. The van der Waals surface area contributed by atoms with Gasteiger partial charge >= 0.3 is 5.97 Å². The van der Waals surface area contributed by atoms with Crippen LogP contribution in [0.2, 0.25) is 0 Å². The zero-order valence-electron chi connectivity index (χ0n) is 12.3. The van der Waals surface area contributed by atoms with Gasteiger partial charge in [0.25, 0.3) is 0 Å². The predicted molar refractivity (Wildman–Crippen MR) is 71.7 cm³/mol. The number of fused-ring (bicyclic) bond motifs is 1. The number of rotatable bonds is 6. The second-order valence-electron chi connectivity index (χ2n) is 6.09. The van der Waals surface area contributed by atoms with E-state index in [1.807, 2.05) is 13.8 Å². The second kappa shape index (κ2) is 6.23. The van der Waals surface area contributed by atoms with E-state index >= 15 is 0 Å². The summed E-state index contributed by atoms with van der Waals surface area (Å²) in [7, 11) is 0. The van der Waals surface area contributed by atoms with Crippen molar-refractivity contribution in [2.24, 2.45) is 0 Å². The molecule has 0 aromatic heterocycles. The molecule has 2 heterocycles. The molecule has 2 fully saturated rings. The zero-order valence-corrected chi connectivity index (χ0v) is 12.3. The van der Waals surface area contributed by atoms with Gasteiger partial charge in [-0.15, -0.1) is 0 Å². The average molecular weight is 270 g/mol. The van der Waals surface area contributed by atoms with E-state index in [0.717, 1.165) is 19.3 Å². The van der Waals surface area contributed by atoms with Crippen LogP contribution >= 0.6 is 0 Å². The predicted octanol–water partition coefficient (Wildman–Crippen LogP) is 3.18. The number of cyclic esters (lactones) is 1. The molecule has 4 heteroatoms. The molecule has 0 aliphatic carbocycles. The van der Waals surface area contributed by atoms with Crippen molar-refractivity contribution in [2.45, 2.75) is 89.8 Å². The smallest absolute Gasteiger partial charge is 0.338 e. The minimum Gasteiger partial charge on any atom is -0.460 e. The van der Waals surface area contributed by atoms with Gasteiger partial charge in [0.15, 0.2) is 11.9 Å². The SMILES string of the molecule is CCCCCCC[C@@H]1C[C@@H]2OC(C)(C)O[C@@H]2C(=O)O1. The highest BCUT2D eigenvalue weighted by atomic mass is 16.8. The summed E-state index contributed by atoms with van der Waals surface area (Å²) in [5.74, 6) is -0.912. The van der Waals surface area contributed by atoms with Crippen LogP contribution in [0.25, 0.3) is 0 Å². The molecule has 4 nitrogen and oxygen atoms in total. The minimum absolute atomic E-state index is 0.00729. The number of ether oxygens (including phenoxy) is 3. The van der Waals surface area contributed by atoms with Gasteiger partial charge in [0.05, 0.1) is 0 Å². The highest BCUT2D eigenvalue weighted by Gasteiger charge is 2.50. The lowest BCUT2D eigenvalue weighted by Crippen LogP contribution is -2.43. The van der Waals surface area contributed by atoms with Crippen LogP contribution in [0.3, 0.4) is 0 Å². The number of esters is 1. The molecule has 19 heavy (non-hydrogen) atoms. The third-order valence-electron chi connectivity index (χ3n) is 3.82. The molecule has 0 aromatic rings. The van der Waals surface area contributed by atoms with Crippen LogP contribution in [-0.2, 0) is 19.0 Å². The Labute approximate surface area is 115 Å². The van der Waals surface area contributed by atoms with Gasteiger partial charge in [-0.25, -0.2) is 4.79 Å². The standard InChI is InChI=1S/C15H26O4/c1-4-5-6-7-8-9-11-10-12-13(14(16)17-11)19-15(2,3)18-12/h11-13H,4-10H2,1-3H3/t11-,12+,13+/m1/s1. The van der Waals surface area contributed by atoms with Gasteiger partial charge in [-0.05, 0) is 26.7 Å². The first kappa shape index (κ1) is 14.8. The Kier molecular flexibility index (Phi) is 4.85. The summed E-state index contributed by atoms with van der Waals surface area (Å²) < 4.78 is 16.8. The van der Waals surface area contributed by atoms with Crippen molar-refractivity contribution in [3.63, 3.8) is 0 Å². The fraction of sp³-hybridized carbons (Fsp3) is 0.933. The van der Waals surface area contributed by atoms with Crippen LogP contribution in [0.1, 0.15) is 65.7 Å². The maximum Gasteiger partial charge on any atom is 0.338 e. The molecule has 0 saturated carbocycles. The number of unbranched alkanes of at least 4 members (excludes halogenated alkanes) is 4. The summed E-state index contributed by atoms with van der Waals surface area (Å²) in [5, 5.41) is 0. The third-order valence-corrected chi connectivity index (χ3v) is 3.82. The second-order valence-corrected chi connectivity index (χ2v) is 6.09. The van der Waals surface area contributed by atoms with E-state index < -0.39 is 11.9 Å². The Morgan fingerprint density at radius 2 is 1.89 bits per heavy atom. The van der Waals surface area contributed by atoms with E-state index in [-0.39, 0.29) is 18.2 Å². The largest absolute Gasteiger partial charge is 0.460 e. The van der Waals surface area contributed by atoms with E-state index in [9.17, 15) is 4.79 Å². The molecule has 0 radical (unpaired) electrons. The van der Waals surface area contributed by atoms with Crippen molar-refractivity contribution in [1.29, 1.82) is 0 Å². The van der Waals surface area contributed by atoms with Crippen LogP contribution in [0.4, 0.5) is 0 Å². The molecule has 2 rings (SSSR count). The van der Waals surface area contributed by atoms with E-state index in [2.05, 4.69) is 6.92 Å². The summed E-state index contributed by atoms with van der Waals surface area (Å²) in [6, 6.07) is 0. The molecule has 0 spiro atoms. The van der Waals surface area contributed by atoms with Crippen LogP contribution in [0, 0.1) is 0 Å². The van der Waals surface area contributed by atoms with Crippen molar-refractivity contribution in [3.8, 4) is 0 Å². The summed E-state index contributed by atoms with van der Waals surface area (Å²) >= 11 is 0. The molecule has 3 atom stereocenters. The first-order chi connectivity index (χ1) is 9.02. The summed E-state index contributed by atoms with van der Waals surface area (Å²) in [4.78, 5) is 11.9. The Bertz CT molecular complexity index is 313. The van der Waals surface area contributed by atoms with Gasteiger partial charge in [0, 0.05) is 6.42 Å². The lowest BCUT2D eigenvalue weighted by atomic mass is 9.98. The van der Waals surface area contributed by atoms with Crippen LogP contribution in [0.15, 0.2) is 0 Å². The molecule has 0 N–H and O–H groups in total. The van der Waals surface area contributed by atoms with Gasteiger partial charge in [-0.2, -0.15) is 0 Å². The molecular weight excluding hydrogens is 244 g/mol. The topological polar surface area (TPSA) is 44.8 Å². The molecule has 0 aromatic carbocycles. The molecular formula is C15H26O4. The lowest BCUT2D eigenvalue weighted by Gasteiger charge is -2.28. The molecule has 2 aliphatic heterocycles. The van der Waals surface area contributed by atoms with Gasteiger partial charge in [-0.3, -0.25) is 0 Å². The highest BCUT2D eigenvalue weighted by molar-refractivity contribution is 5.76. The number of hydrogen-bond donors (Lipinski definition) is 0. The molecule has 0 unspecified atom stereocenters. The van der Waals surface area contributed by atoms with E-state index in [0.29, 0.717) is 0 Å². The third kappa shape index (κ3) is 3.93. The zero-order chi connectivity index (χ0) is 13.9. The Hall–Kier alpha value is -0.610. The molecule has 2 saturated heterocycles. The van der Waals surface area contributed by atoms with E-state index in [1.54, 1.807) is 0 Å². The summed E-state index contributed by atoms with van der Waals surface area (Å²) in [5.41, 5.74) is 0. The lowest BCUT2D eigenvalue weighted by molar-refractivity contribution is -0.174. The van der Waals surface area contributed by atoms with Crippen LogP contribution < -0.4 is 0 Å². The van der Waals surface area contributed by atoms with Crippen molar-refractivity contribution in [1.82, 2.24) is 0 Å². The van der Waals surface area contributed by atoms with Crippen molar-refractivity contribution < 1.29 is 19.0 Å². The highest BCUT2D eigenvalue weighted by Crippen LogP contribution is 2.35. The summed E-state index contributed by atoms with van der Waals surface area (Å²) in [6.45, 7) is 5.90. The normalized spacial score (nSPS) is 33.0. The van der Waals surface area contributed by atoms with Crippen LogP contribution in [0.5, 0.6) is 0 Å². The average Bonchev–Trinajstić information content (AvgIpc) is 2.64. The van der Waals surface area contributed by atoms with Crippen molar-refractivity contribution in [3.05, 3.63) is 0 Å². The number of carbonyl (C=O) groups excluding carboxylic acids is 1. The number of hydrogen-bond acceptors (Lipinski definition) is 4. The Balaban J connectivity index is 1.75. The van der Waals surface area contributed by atoms with Gasteiger partial charge in [-0.1, -0.05) is 32.6 Å². The minimum atomic E-state index is -0.662. The maximum absolute atomic E-state index is 11.9. The Morgan fingerprint density at radius 1 is 1.16 bits per heavy atom. The van der Waals surface area contributed by atoms with Crippen molar-refractivity contribution in [2.75, 3.05) is 0 Å². The van der Waals surface area contributed by atoms with Gasteiger partial charge < -0.3 is 14.2 Å². The first-order valence-electron chi connectivity index (χ1n) is 7.58. The van der Waals surface area contributed by atoms with Crippen molar-refractivity contribution >= 4 is 5.97 Å². The first-order valence-corrected chi connectivity index (χ1v) is 7.58. The quantitative estimate of drug-likeness (QED) is 0.549.